The zero-order valence-corrected chi connectivity index (χ0v) is 16.9. The molecule has 3 rings (SSSR count). The van der Waals surface area contributed by atoms with Gasteiger partial charge in [0.15, 0.2) is 5.78 Å². The highest BCUT2D eigenvalue weighted by molar-refractivity contribution is 6.31. The third-order valence-corrected chi connectivity index (χ3v) is 5.51. The number of nitriles is 1. The summed E-state index contributed by atoms with van der Waals surface area (Å²) in [5.74, 6) is 1.40. The minimum atomic E-state index is 0.0612. The van der Waals surface area contributed by atoms with Gasteiger partial charge in [-0.3, -0.25) is 4.79 Å². The highest BCUT2D eigenvalue weighted by atomic mass is 35.5. The van der Waals surface area contributed by atoms with Gasteiger partial charge in [0.1, 0.15) is 17.5 Å². The Morgan fingerprint density at radius 1 is 1.21 bits per heavy atom. The second kappa shape index (κ2) is 9.16. The molecular formula is C22H24ClN3O2. The van der Waals surface area contributed by atoms with Gasteiger partial charge in [-0.15, -0.1) is 5.10 Å². The number of nitrogens with zero attached hydrogens (tertiary/aromatic N) is 3. The molecule has 146 valence electrons. The Balaban J connectivity index is 1.49. The molecule has 0 atom stereocenters. The first-order valence-electron chi connectivity index (χ1n) is 9.69. The predicted octanol–water partition coefficient (Wildman–Crippen LogP) is 5.34. The quantitative estimate of drug-likeness (QED) is 0.615. The maximum absolute atomic E-state index is 12.5. The third-order valence-electron chi connectivity index (χ3n) is 5.19. The van der Waals surface area contributed by atoms with Crippen molar-refractivity contribution in [3.8, 4) is 11.8 Å². The number of ether oxygens (including phenoxy) is 1. The lowest BCUT2D eigenvalue weighted by Crippen LogP contribution is -2.25. The van der Waals surface area contributed by atoms with E-state index in [9.17, 15) is 4.79 Å². The highest BCUT2D eigenvalue weighted by Crippen LogP contribution is 2.31. The molecule has 1 aliphatic carbocycles. The lowest BCUT2D eigenvalue weighted by molar-refractivity contribution is 0.0896. The van der Waals surface area contributed by atoms with Crippen molar-refractivity contribution < 1.29 is 9.53 Å². The summed E-state index contributed by atoms with van der Waals surface area (Å²) in [7, 11) is 0. The van der Waals surface area contributed by atoms with Crippen LogP contribution in [0.15, 0.2) is 30.3 Å². The van der Waals surface area contributed by atoms with Crippen LogP contribution in [0.2, 0.25) is 5.02 Å². The average molecular weight is 398 g/mol. The van der Waals surface area contributed by atoms with Crippen LogP contribution in [-0.4, -0.2) is 22.1 Å². The smallest absolute Gasteiger partial charge is 0.183 e. The van der Waals surface area contributed by atoms with Crippen LogP contribution in [0.4, 0.5) is 0 Å². The van der Waals surface area contributed by atoms with Crippen LogP contribution in [-0.2, 0) is 0 Å². The van der Waals surface area contributed by atoms with Gasteiger partial charge in [-0.05, 0) is 61.8 Å². The van der Waals surface area contributed by atoms with Crippen molar-refractivity contribution in [2.75, 3.05) is 0 Å². The van der Waals surface area contributed by atoms with Crippen LogP contribution in [0.1, 0.15) is 73.6 Å². The third kappa shape index (κ3) is 5.08. The minimum Gasteiger partial charge on any atom is -0.490 e. The van der Waals surface area contributed by atoms with Gasteiger partial charge in [-0.2, -0.15) is 10.4 Å². The molecule has 1 heterocycles. The summed E-state index contributed by atoms with van der Waals surface area (Å²) in [5.41, 5.74) is 1.80. The molecule has 6 heteroatoms. The first-order valence-corrected chi connectivity index (χ1v) is 10.1. The molecule has 1 aromatic heterocycles. The standard InChI is InChI=1S/C22H24ClN3O2/c1-14(2)20-9-10-21(26-25-20)22(27)11-15-3-6-17(7-4-15)28-18-8-5-16(13-24)19(23)12-18/h5,8-10,12,14-15,17H,3-4,6-7,11H2,1-2H3. The second-order valence-corrected chi connectivity index (χ2v) is 8.05. The molecule has 0 unspecified atom stereocenters. The second-order valence-electron chi connectivity index (χ2n) is 7.64. The molecule has 5 nitrogen and oxygen atoms in total. The van der Waals surface area contributed by atoms with E-state index < -0.39 is 0 Å². The van der Waals surface area contributed by atoms with Crippen molar-refractivity contribution in [1.29, 1.82) is 5.26 Å². The molecule has 0 spiro atoms. The fourth-order valence-electron chi connectivity index (χ4n) is 3.47. The lowest BCUT2D eigenvalue weighted by atomic mass is 9.84. The number of aromatic nitrogens is 2. The Morgan fingerprint density at radius 3 is 2.54 bits per heavy atom. The molecule has 1 aliphatic rings. The monoisotopic (exact) mass is 397 g/mol. The first-order chi connectivity index (χ1) is 13.5. The summed E-state index contributed by atoms with van der Waals surface area (Å²) in [6.45, 7) is 4.11. The molecular weight excluding hydrogens is 374 g/mol. The van der Waals surface area contributed by atoms with Crippen LogP contribution < -0.4 is 4.74 Å². The van der Waals surface area contributed by atoms with E-state index in [1.165, 1.54) is 0 Å². The SMILES string of the molecule is CC(C)c1ccc(C(=O)CC2CCC(Oc3ccc(C#N)c(Cl)c3)CC2)nn1. The molecule has 0 saturated heterocycles. The van der Waals surface area contributed by atoms with Crippen molar-refractivity contribution in [2.24, 2.45) is 5.92 Å². The number of Topliss-reactive ketones (excluding diaryl/α,β-unsaturated/α-hetero) is 1. The summed E-state index contributed by atoms with van der Waals surface area (Å²) in [6.07, 6.45) is 4.29. The fraction of sp³-hybridized carbons (Fsp3) is 0.455. The minimum absolute atomic E-state index is 0.0612. The topological polar surface area (TPSA) is 75.9 Å². The van der Waals surface area contributed by atoms with Gasteiger partial charge in [0.05, 0.1) is 22.4 Å². The highest BCUT2D eigenvalue weighted by Gasteiger charge is 2.25. The van der Waals surface area contributed by atoms with Crippen LogP contribution in [0.25, 0.3) is 0 Å². The molecule has 1 fully saturated rings. The predicted molar refractivity (Wildman–Crippen MR) is 108 cm³/mol. The number of carbonyl (C=O) groups excluding carboxylic acids is 1. The van der Waals surface area contributed by atoms with Crippen LogP contribution in [0, 0.1) is 17.2 Å². The van der Waals surface area contributed by atoms with Crippen molar-refractivity contribution in [2.45, 2.75) is 58.0 Å². The van der Waals surface area contributed by atoms with Crippen LogP contribution in [0.3, 0.4) is 0 Å². The van der Waals surface area contributed by atoms with Crippen LogP contribution in [0.5, 0.6) is 5.75 Å². The van der Waals surface area contributed by atoms with Crippen molar-refractivity contribution in [3.63, 3.8) is 0 Å². The number of halogens is 1. The Morgan fingerprint density at radius 2 is 1.96 bits per heavy atom. The molecule has 2 aromatic rings. The Bertz CT molecular complexity index is 866. The van der Waals surface area contributed by atoms with E-state index >= 15 is 0 Å². The molecule has 1 aromatic carbocycles. The van der Waals surface area contributed by atoms with Gasteiger partial charge in [-0.1, -0.05) is 25.4 Å². The molecule has 0 N–H and O–H groups in total. The summed E-state index contributed by atoms with van der Waals surface area (Å²) in [5, 5.41) is 17.6. The zero-order chi connectivity index (χ0) is 20.1. The van der Waals surface area contributed by atoms with Crippen molar-refractivity contribution in [1.82, 2.24) is 10.2 Å². The number of hydrogen-bond acceptors (Lipinski definition) is 5. The van der Waals surface area contributed by atoms with E-state index in [0.29, 0.717) is 40.3 Å². The molecule has 1 saturated carbocycles. The van der Waals surface area contributed by atoms with E-state index in [0.717, 1.165) is 31.4 Å². The van der Waals surface area contributed by atoms with Gasteiger partial charge in [0, 0.05) is 12.5 Å². The summed E-state index contributed by atoms with van der Waals surface area (Å²) in [4.78, 5) is 12.5. The number of carbonyl (C=O) groups is 1. The van der Waals surface area contributed by atoms with E-state index in [4.69, 9.17) is 21.6 Å². The molecule has 0 radical (unpaired) electrons. The van der Waals surface area contributed by atoms with Crippen molar-refractivity contribution in [3.05, 3.63) is 52.3 Å². The van der Waals surface area contributed by atoms with E-state index in [2.05, 4.69) is 24.0 Å². The number of benzene rings is 1. The normalized spacial score (nSPS) is 19.2. The number of ketones is 1. The molecule has 0 amide bonds. The number of rotatable bonds is 6. The van der Waals surface area contributed by atoms with Gasteiger partial charge in [0.2, 0.25) is 0 Å². The van der Waals surface area contributed by atoms with E-state index in [-0.39, 0.29) is 11.9 Å². The molecule has 0 bridgehead atoms. The van der Waals surface area contributed by atoms with Gasteiger partial charge < -0.3 is 4.74 Å². The van der Waals surface area contributed by atoms with Crippen molar-refractivity contribution >= 4 is 17.4 Å². The average Bonchev–Trinajstić information content (AvgIpc) is 2.69. The fourth-order valence-corrected chi connectivity index (χ4v) is 3.68. The van der Waals surface area contributed by atoms with Crippen LogP contribution >= 0.6 is 11.6 Å². The van der Waals surface area contributed by atoms with E-state index in [1.54, 1.807) is 24.3 Å². The summed E-state index contributed by atoms with van der Waals surface area (Å²) >= 11 is 6.06. The summed E-state index contributed by atoms with van der Waals surface area (Å²) < 4.78 is 6.01. The number of hydrogen-bond donors (Lipinski definition) is 0. The Labute approximate surface area is 170 Å². The largest absolute Gasteiger partial charge is 0.490 e. The molecule has 0 aliphatic heterocycles. The van der Waals surface area contributed by atoms with Gasteiger partial charge in [-0.25, -0.2) is 0 Å². The maximum atomic E-state index is 12.5. The zero-order valence-electron chi connectivity index (χ0n) is 16.2. The summed E-state index contributed by atoms with van der Waals surface area (Å²) in [6, 6.07) is 10.9. The first kappa shape index (κ1) is 20.3. The maximum Gasteiger partial charge on any atom is 0.183 e. The van der Waals surface area contributed by atoms with Gasteiger partial charge >= 0.3 is 0 Å². The lowest BCUT2D eigenvalue weighted by Gasteiger charge is -2.28. The van der Waals surface area contributed by atoms with Gasteiger partial charge in [0.25, 0.3) is 0 Å². The van der Waals surface area contributed by atoms with E-state index in [1.807, 2.05) is 12.1 Å². The Kier molecular flexibility index (Phi) is 6.64. The molecule has 28 heavy (non-hydrogen) atoms. The Hall–Kier alpha value is -2.45.